The fourth-order valence-corrected chi connectivity index (χ4v) is 1.91. The molecule has 1 N–H and O–H groups in total. The zero-order valence-electron chi connectivity index (χ0n) is 9.67. The first-order valence-corrected chi connectivity index (χ1v) is 5.67. The van der Waals surface area contributed by atoms with E-state index < -0.39 is 0 Å². The summed E-state index contributed by atoms with van der Waals surface area (Å²) in [6, 6.07) is 9.09. The number of rotatable bonds is 2. The standard InChI is InChI=1S/C13H11ClN2O2/c1-9-4-2-3-5-12(9)16-7-6-11(14)10(8-15-18)13(16)17/h2-8,18H,1H3/b15-8-. The van der Waals surface area contributed by atoms with Gasteiger partial charge in [-0.3, -0.25) is 9.36 Å². The van der Waals surface area contributed by atoms with Crippen LogP contribution < -0.4 is 5.56 Å². The second-order valence-electron chi connectivity index (χ2n) is 3.78. The third-order valence-corrected chi connectivity index (χ3v) is 2.97. The summed E-state index contributed by atoms with van der Waals surface area (Å²) in [5.74, 6) is 0. The molecule has 5 heteroatoms. The Morgan fingerprint density at radius 1 is 1.33 bits per heavy atom. The van der Waals surface area contributed by atoms with Crippen molar-refractivity contribution >= 4 is 17.8 Å². The number of oxime groups is 1. The van der Waals surface area contributed by atoms with Gasteiger partial charge in [0.25, 0.3) is 5.56 Å². The molecule has 2 aromatic rings. The van der Waals surface area contributed by atoms with Gasteiger partial charge in [-0.1, -0.05) is 35.0 Å². The molecule has 0 radical (unpaired) electrons. The molecule has 0 amide bonds. The van der Waals surface area contributed by atoms with Crippen LogP contribution in [0.3, 0.4) is 0 Å². The molecule has 0 aliphatic carbocycles. The van der Waals surface area contributed by atoms with Crippen LogP contribution in [0.2, 0.25) is 5.02 Å². The maximum absolute atomic E-state index is 12.2. The van der Waals surface area contributed by atoms with E-state index in [-0.39, 0.29) is 16.1 Å². The number of aryl methyl sites for hydroxylation is 1. The third kappa shape index (κ3) is 2.15. The highest BCUT2D eigenvalue weighted by Crippen LogP contribution is 2.14. The summed E-state index contributed by atoms with van der Waals surface area (Å²) in [4.78, 5) is 12.2. The second-order valence-corrected chi connectivity index (χ2v) is 4.19. The summed E-state index contributed by atoms with van der Waals surface area (Å²) in [6.45, 7) is 1.91. The van der Waals surface area contributed by atoms with Crippen LogP contribution in [0, 0.1) is 6.92 Å². The van der Waals surface area contributed by atoms with Crippen LogP contribution in [0.5, 0.6) is 0 Å². The molecule has 1 aromatic heterocycles. The van der Waals surface area contributed by atoms with Gasteiger partial charge in [-0.05, 0) is 24.6 Å². The molecular formula is C13H11ClN2O2. The van der Waals surface area contributed by atoms with Crippen molar-refractivity contribution in [2.24, 2.45) is 5.16 Å². The Morgan fingerprint density at radius 3 is 2.72 bits per heavy atom. The van der Waals surface area contributed by atoms with Crippen molar-refractivity contribution in [2.45, 2.75) is 6.92 Å². The van der Waals surface area contributed by atoms with Gasteiger partial charge in [-0.15, -0.1) is 0 Å². The number of nitrogens with zero attached hydrogens (tertiary/aromatic N) is 2. The maximum Gasteiger partial charge on any atom is 0.265 e. The number of pyridine rings is 1. The summed E-state index contributed by atoms with van der Waals surface area (Å²) in [6.07, 6.45) is 2.64. The minimum absolute atomic E-state index is 0.157. The van der Waals surface area contributed by atoms with Gasteiger partial charge in [-0.25, -0.2) is 0 Å². The fraction of sp³-hybridized carbons (Fsp3) is 0.0769. The molecule has 1 aromatic carbocycles. The second kappa shape index (κ2) is 5.06. The van der Waals surface area contributed by atoms with E-state index in [0.29, 0.717) is 0 Å². The van der Waals surface area contributed by atoms with Crippen molar-refractivity contribution in [1.82, 2.24) is 4.57 Å². The van der Waals surface area contributed by atoms with E-state index in [1.54, 1.807) is 12.3 Å². The summed E-state index contributed by atoms with van der Waals surface area (Å²) >= 11 is 5.89. The van der Waals surface area contributed by atoms with E-state index in [4.69, 9.17) is 16.8 Å². The lowest BCUT2D eigenvalue weighted by atomic mass is 10.2. The minimum atomic E-state index is -0.324. The summed E-state index contributed by atoms with van der Waals surface area (Å²) < 4.78 is 1.47. The lowest BCUT2D eigenvalue weighted by Crippen LogP contribution is -2.22. The van der Waals surface area contributed by atoms with E-state index in [1.807, 2.05) is 31.2 Å². The van der Waals surface area contributed by atoms with Crippen molar-refractivity contribution in [3.8, 4) is 5.69 Å². The Labute approximate surface area is 109 Å². The van der Waals surface area contributed by atoms with Crippen LogP contribution >= 0.6 is 11.6 Å². The molecule has 0 aliphatic rings. The molecule has 0 saturated carbocycles. The predicted octanol–water partition coefficient (Wildman–Crippen LogP) is 2.61. The molecule has 92 valence electrons. The molecular weight excluding hydrogens is 252 g/mol. The molecule has 0 bridgehead atoms. The number of benzene rings is 1. The Hall–Kier alpha value is -2.07. The molecule has 0 spiro atoms. The first-order chi connectivity index (χ1) is 8.65. The van der Waals surface area contributed by atoms with Gasteiger partial charge < -0.3 is 5.21 Å². The van der Waals surface area contributed by atoms with E-state index in [1.165, 1.54) is 4.57 Å². The normalized spacial score (nSPS) is 11.0. The van der Waals surface area contributed by atoms with Crippen molar-refractivity contribution < 1.29 is 5.21 Å². The quantitative estimate of drug-likeness (QED) is 0.514. The Morgan fingerprint density at radius 2 is 2.06 bits per heavy atom. The summed E-state index contributed by atoms with van der Waals surface area (Å²) in [5.41, 5.74) is 1.57. The van der Waals surface area contributed by atoms with E-state index in [0.717, 1.165) is 17.5 Å². The van der Waals surface area contributed by atoms with Gasteiger partial charge in [0.2, 0.25) is 0 Å². The van der Waals surface area contributed by atoms with Gasteiger partial charge in [0.15, 0.2) is 0 Å². The first-order valence-electron chi connectivity index (χ1n) is 5.29. The van der Waals surface area contributed by atoms with Crippen LogP contribution in [-0.4, -0.2) is 16.0 Å². The van der Waals surface area contributed by atoms with Crippen molar-refractivity contribution in [2.75, 3.05) is 0 Å². The lowest BCUT2D eigenvalue weighted by molar-refractivity contribution is 0.322. The van der Waals surface area contributed by atoms with Crippen molar-refractivity contribution in [3.63, 3.8) is 0 Å². The average Bonchev–Trinajstić information content (AvgIpc) is 2.36. The number of halogens is 1. The topological polar surface area (TPSA) is 54.6 Å². The van der Waals surface area contributed by atoms with Crippen LogP contribution in [-0.2, 0) is 0 Å². The number of hydrogen-bond donors (Lipinski definition) is 1. The van der Waals surface area contributed by atoms with Gasteiger partial charge in [0.1, 0.15) is 0 Å². The minimum Gasteiger partial charge on any atom is -0.411 e. The predicted molar refractivity (Wildman–Crippen MR) is 71.2 cm³/mol. The number of hydrogen-bond acceptors (Lipinski definition) is 3. The Balaban J connectivity index is 2.71. The molecule has 0 fully saturated rings. The highest BCUT2D eigenvalue weighted by Gasteiger charge is 2.09. The number of para-hydroxylation sites is 1. The maximum atomic E-state index is 12.2. The monoisotopic (exact) mass is 262 g/mol. The van der Waals surface area contributed by atoms with Crippen LogP contribution in [0.15, 0.2) is 46.5 Å². The van der Waals surface area contributed by atoms with E-state index in [9.17, 15) is 4.79 Å². The first kappa shape index (κ1) is 12.4. The molecule has 4 nitrogen and oxygen atoms in total. The Kier molecular flexibility index (Phi) is 3.48. The zero-order chi connectivity index (χ0) is 13.1. The molecule has 18 heavy (non-hydrogen) atoms. The highest BCUT2D eigenvalue weighted by atomic mass is 35.5. The number of aromatic nitrogens is 1. The largest absolute Gasteiger partial charge is 0.411 e. The molecule has 0 saturated heterocycles. The SMILES string of the molecule is Cc1ccccc1-n1ccc(Cl)c(/C=N\O)c1=O. The molecule has 1 heterocycles. The third-order valence-electron chi connectivity index (χ3n) is 2.64. The molecule has 0 aliphatic heterocycles. The van der Waals surface area contributed by atoms with Crippen molar-refractivity contribution in [1.29, 1.82) is 0 Å². The van der Waals surface area contributed by atoms with E-state index >= 15 is 0 Å². The van der Waals surface area contributed by atoms with Crippen molar-refractivity contribution in [3.05, 3.63) is 63.0 Å². The Bertz CT molecular complexity index is 662. The van der Waals surface area contributed by atoms with Gasteiger partial charge in [0, 0.05) is 6.20 Å². The lowest BCUT2D eigenvalue weighted by Gasteiger charge is -2.10. The van der Waals surface area contributed by atoms with Gasteiger partial charge in [0.05, 0.1) is 22.5 Å². The summed E-state index contributed by atoms with van der Waals surface area (Å²) in [7, 11) is 0. The van der Waals surface area contributed by atoms with Crippen LogP contribution in [0.4, 0.5) is 0 Å². The molecule has 0 atom stereocenters. The van der Waals surface area contributed by atoms with Gasteiger partial charge >= 0.3 is 0 Å². The molecule has 2 rings (SSSR count). The zero-order valence-corrected chi connectivity index (χ0v) is 10.4. The average molecular weight is 263 g/mol. The summed E-state index contributed by atoms with van der Waals surface area (Å²) in [5, 5.41) is 11.7. The smallest absolute Gasteiger partial charge is 0.265 e. The van der Waals surface area contributed by atoms with Crippen LogP contribution in [0.1, 0.15) is 11.1 Å². The van der Waals surface area contributed by atoms with Crippen LogP contribution in [0.25, 0.3) is 5.69 Å². The van der Waals surface area contributed by atoms with Gasteiger partial charge in [-0.2, -0.15) is 0 Å². The fourth-order valence-electron chi connectivity index (χ4n) is 1.73. The van der Waals surface area contributed by atoms with E-state index in [2.05, 4.69) is 5.16 Å². The molecule has 0 unspecified atom stereocenters. The highest BCUT2D eigenvalue weighted by molar-refractivity contribution is 6.33.